The summed E-state index contributed by atoms with van der Waals surface area (Å²) in [5.74, 6) is 2.45. The first-order chi connectivity index (χ1) is 10.1. The molecule has 0 radical (unpaired) electrons. The highest BCUT2D eigenvalue weighted by molar-refractivity contribution is 5.92. The van der Waals surface area contributed by atoms with Crippen LogP contribution in [0.4, 0.5) is 11.5 Å². The van der Waals surface area contributed by atoms with Gasteiger partial charge in [-0.2, -0.15) is 0 Å². The minimum atomic E-state index is 0.176. The van der Waals surface area contributed by atoms with E-state index < -0.39 is 0 Å². The number of pyridine rings is 1. The topological polar surface area (TPSA) is 45.2 Å². The number of nitrogens with one attached hydrogen (secondary N) is 1. The molecule has 4 nitrogen and oxygen atoms in total. The largest absolute Gasteiger partial charge is 0.378 e. The molecule has 0 saturated heterocycles. The third-order valence-corrected chi connectivity index (χ3v) is 4.89. The minimum Gasteiger partial charge on any atom is -0.378 e. The number of nitrogens with zero attached hydrogens (tertiary/aromatic N) is 2. The third kappa shape index (κ3) is 3.36. The summed E-state index contributed by atoms with van der Waals surface area (Å²) in [4.78, 5) is 18.9. The Morgan fingerprint density at radius 2 is 2.00 bits per heavy atom. The van der Waals surface area contributed by atoms with E-state index in [2.05, 4.69) is 10.3 Å². The van der Waals surface area contributed by atoms with Crippen LogP contribution in [-0.4, -0.2) is 25.0 Å². The van der Waals surface area contributed by atoms with Gasteiger partial charge in [-0.05, 0) is 43.6 Å². The lowest BCUT2D eigenvalue weighted by atomic mass is 9.76. The number of hydrogen-bond donors (Lipinski definition) is 1. The standard InChI is InChI=1S/C17H25N3O/c1-20(2)13-9-10-18-16(11-13)19-17(21)15-6-4-3-5-14(15)12-7-8-12/h9-12,14-15H,3-8H2,1-2H3,(H,18,19,21). The van der Waals surface area contributed by atoms with Crippen molar-refractivity contribution in [1.82, 2.24) is 4.98 Å². The molecule has 21 heavy (non-hydrogen) atoms. The summed E-state index contributed by atoms with van der Waals surface area (Å²) in [5, 5.41) is 3.04. The molecule has 2 aliphatic rings. The molecule has 4 heteroatoms. The van der Waals surface area contributed by atoms with Crippen molar-refractivity contribution in [2.45, 2.75) is 38.5 Å². The highest BCUT2D eigenvalue weighted by atomic mass is 16.2. The van der Waals surface area contributed by atoms with Gasteiger partial charge in [-0.15, -0.1) is 0 Å². The second-order valence-electron chi connectivity index (χ2n) is 6.68. The first-order valence-corrected chi connectivity index (χ1v) is 8.09. The number of carbonyl (C=O) groups excluding carboxylic acids is 1. The van der Waals surface area contributed by atoms with Crippen LogP contribution in [-0.2, 0) is 4.79 Å². The van der Waals surface area contributed by atoms with Crippen molar-refractivity contribution >= 4 is 17.4 Å². The van der Waals surface area contributed by atoms with Crippen molar-refractivity contribution in [3.8, 4) is 0 Å². The highest BCUT2D eigenvalue weighted by Crippen LogP contribution is 2.47. The van der Waals surface area contributed by atoms with Gasteiger partial charge in [-0.25, -0.2) is 4.98 Å². The van der Waals surface area contributed by atoms with Crippen molar-refractivity contribution < 1.29 is 4.79 Å². The van der Waals surface area contributed by atoms with Crippen LogP contribution in [0.5, 0.6) is 0 Å². The number of amides is 1. The molecule has 1 N–H and O–H groups in total. The zero-order chi connectivity index (χ0) is 14.8. The van der Waals surface area contributed by atoms with Crippen LogP contribution in [0, 0.1) is 17.8 Å². The Labute approximate surface area is 126 Å². The summed E-state index contributed by atoms with van der Waals surface area (Å²) in [6, 6.07) is 3.89. The van der Waals surface area contributed by atoms with Gasteiger partial charge in [-0.3, -0.25) is 4.79 Å². The fraction of sp³-hybridized carbons (Fsp3) is 0.647. The zero-order valence-electron chi connectivity index (χ0n) is 13.0. The molecule has 1 amide bonds. The maximum Gasteiger partial charge on any atom is 0.228 e. The van der Waals surface area contributed by atoms with E-state index in [0.717, 1.165) is 18.0 Å². The summed E-state index contributed by atoms with van der Waals surface area (Å²) in [6.07, 6.45) is 9.15. The van der Waals surface area contributed by atoms with Crippen LogP contribution in [0.2, 0.25) is 0 Å². The fourth-order valence-corrected chi connectivity index (χ4v) is 3.56. The van der Waals surface area contributed by atoms with Crippen LogP contribution in [0.1, 0.15) is 38.5 Å². The second kappa shape index (κ2) is 6.04. The summed E-state index contributed by atoms with van der Waals surface area (Å²) in [5.41, 5.74) is 1.06. The van der Waals surface area contributed by atoms with Crippen LogP contribution in [0.25, 0.3) is 0 Å². The molecule has 2 atom stereocenters. The molecule has 0 aromatic carbocycles. The molecular formula is C17H25N3O. The van der Waals surface area contributed by atoms with Gasteiger partial charge in [0.15, 0.2) is 0 Å². The van der Waals surface area contributed by atoms with Crippen molar-refractivity contribution in [2.75, 3.05) is 24.3 Å². The van der Waals surface area contributed by atoms with Crippen LogP contribution < -0.4 is 10.2 Å². The number of rotatable bonds is 4. The lowest BCUT2D eigenvalue weighted by molar-refractivity contribution is -0.122. The number of anilines is 2. The zero-order valence-corrected chi connectivity index (χ0v) is 13.0. The summed E-state index contributed by atoms with van der Waals surface area (Å²) < 4.78 is 0. The Morgan fingerprint density at radius 1 is 1.24 bits per heavy atom. The molecule has 0 spiro atoms. The van der Waals surface area contributed by atoms with E-state index in [0.29, 0.717) is 11.7 Å². The fourth-order valence-electron chi connectivity index (χ4n) is 3.56. The SMILES string of the molecule is CN(C)c1ccnc(NC(=O)C2CCCCC2C2CC2)c1. The maximum atomic E-state index is 12.6. The third-order valence-electron chi connectivity index (χ3n) is 4.89. The number of carbonyl (C=O) groups is 1. The number of aromatic nitrogens is 1. The minimum absolute atomic E-state index is 0.176. The van der Waals surface area contributed by atoms with Gasteiger partial charge in [0.1, 0.15) is 5.82 Å². The van der Waals surface area contributed by atoms with Gasteiger partial charge in [-0.1, -0.05) is 12.8 Å². The molecule has 2 saturated carbocycles. The molecule has 1 aromatic rings. The highest BCUT2D eigenvalue weighted by Gasteiger charge is 2.40. The van der Waals surface area contributed by atoms with Gasteiger partial charge >= 0.3 is 0 Å². The lowest BCUT2D eigenvalue weighted by Crippen LogP contribution is -2.33. The molecule has 3 rings (SSSR count). The van der Waals surface area contributed by atoms with E-state index in [1.54, 1.807) is 6.20 Å². The summed E-state index contributed by atoms with van der Waals surface area (Å²) >= 11 is 0. The molecule has 2 fully saturated rings. The smallest absolute Gasteiger partial charge is 0.228 e. The first-order valence-electron chi connectivity index (χ1n) is 8.09. The quantitative estimate of drug-likeness (QED) is 0.924. The Bertz CT molecular complexity index is 511. The van der Waals surface area contributed by atoms with Crippen LogP contribution in [0.15, 0.2) is 18.3 Å². The average Bonchev–Trinajstić information content (AvgIpc) is 3.32. The van der Waals surface area contributed by atoms with Gasteiger partial charge < -0.3 is 10.2 Å². The van der Waals surface area contributed by atoms with E-state index >= 15 is 0 Å². The predicted octanol–water partition coefficient (Wildman–Crippen LogP) is 3.30. The molecule has 1 heterocycles. The monoisotopic (exact) mass is 287 g/mol. The Kier molecular flexibility index (Phi) is 4.13. The summed E-state index contributed by atoms with van der Waals surface area (Å²) in [6.45, 7) is 0. The maximum absolute atomic E-state index is 12.6. The molecule has 1 aromatic heterocycles. The predicted molar refractivity (Wildman–Crippen MR) is 85.4 cm³/mol. The molecule has 2 aliphatic carbocycles. The van der Waals surface area contributed by atoms with Crippen LogP contribution in [0.3, 0.4) is 0 Å². The number of hydrogen-bond acceptors (Lipinski definition) is 3. The molecule has 0 aliphatic heterocycles. The molecule has 114 valence electrons. The van der Waals surface area contributed by atoms with E-state index in [1.807, 2.05) is 31.1 Å². The normalized spacial score (nSPS) is 25.4. The van der Waals surface area contributed by atoms with Gasteiger partial charge in [0, 0.05) is 38.0 Å². The van der Waals surface area contributed by atoms with Crippen molar-refractivity contribution in [3.63, 3.8) is 0 Å². The summed E-state index contributed by atoms with van der Waals surface area (Å²) in [7, 11) is 3.98. The van der Waals surface area contributed by atoms with Crippen molar-refractivity contribution in [3.05, 3.63) is 18.3 Å². The Hall–Kier alpha value is -1.58. The molecule has 2 unspecified atom stereocenters. The van der Waals surface area contributed by atoms with Crippen molar-refractivity contribution in [1.29, 1.82) is 0 Å². The van der Waals surface area contributed by atoms with Gasteiger partial charge in [0.05, 0.1) is 0 Å². The van der Waals surface area contributed by atoms with Gasteiger partial charge in [0.25, 0.3) is 0 Å². The van der Waals surface area contributed by atoms with Crippen LogP contribution >= 0.6 is 0 Å². The van der Waals surface area contributed by atoms with E-state index in [1.165, 1.54) is 32.1 Å². The average molecular weight is 287 g/mol. The van der Waals surface area contributed by atoms with E-state index in [4.69, 9.17) is 0 Å². The molecule has 0 bridgehead atoms. The molecular weight excluding hydrogens is 262 g/mol. The Balaban J connectivity index is 1.68. The van der Waals surface area contributed by atoms with Crippen molar-refractivity contribution in [2.24, 2.45) is 17.8 Å². The lowest BCUT2D eigenvalue weighted by Gasteiger charge is -2.30. The van der Waals surface area contributed by atoms with E-state index in [9.17, 15) is 4.79 Å². The van der Waals surface area contributed by atoms with E-state index in [-0.39, 0.29) is 11.8 Å². The second-order valence-corrected chi connectivity index (χ2v) is 6.68. The van der Waals surface area contributed by atoms with Gasteiger partial charge in [0.2, 0.25) is 5.91 Å². The first kappa shape index (κ1) is 14.4. The Morgan fingerprint density at radius 3 is 2.71 bits per heavy atom.